The second-order valence-electron chi connectivity index (χ2n) is 4.32. The van der Waals surface area contributed by atoms with E-state index in [9.17, 15) is 0 Å². The molecule has 0 radical (unpaired) electrons. The summed E-state index contributed by atoms with van der Waals surface area (Å²) in [6, 6.07) is 3.86. The van der Waals surface area contributed by atoms with Gasteiger partial charge in [0.2, 0.25) is 0 Å². The zero-order chi connectivity index (χ0) is 14.0. The molecule has 1 aliphatic heterocycles. The van der Waals surface area contributed by atoms with Crippen LogP contribution in [0.15, 0.2) is 0 Å². The van der Waals surface area contributed by atoms with Crippen molar-refractivity contribution in [1.29, 1.82) is 10.5 Å². The van der Waals surface area contributed by atoms with Crippen LogP contribution in [0, 0.1) is 27.3 Å². The van der Waals surface area contributed by atoms with E-state index in [1.54, 1.807) is 4.57 Å². The third kappa shape index (κ3) is 2.26. The maximum atomic E-state index is 9.10. The molecule has 19 heavy (non-hydrogen) atoms. The molecule has 1 atom stereocenters. The molecule has 0 bridgehead atoms. The van der Waals surface area contributed by atoms with Gasteiger partial charge in [0.25, 0.3) is 0 Å². The number of nitrogens with zero attached hydrogens (tertiary/aromatic N) is 3. The molecule has 0 saturated carbocycles. The van der Waals surface area contributed by atoms with Gasteiger partial charge in [-0.2, -0.15) is 10.5 Å². The molecule has 1 aromatic rings. The Hall–Kier alpha value is -2.09. The van der Waals surface area contributed by atoms with E-state index in [4.69, 9.17) is 38.9 Å². The number of ether oxygens (including phenoxy) is 1. The Labute approximate surface area is 115 Å². The summed E-state index contributed by atoms with van der Waals surface area (Å²) < 4.78 is 7.35. The minimum Gasteiger partial charge on any atom is -0.396 e. The van der Waals surface area contributed by atoms with Gasteiger partial charge in [0.15, 0.2) is 0 Å². The van der Waals surface area contributed by atoms with Crippen molar-refractivity contribution in [2.45, 2.75) is 25.5 Å². The molecule has 0 amide bonds. The third-order valence-electron chi connectivity index (χ3n) is 3.18. The van der Waals surface area contributed by atoms with Crippen molar-refractivity contribution < 1.29 is 4.74 Å². The number of hydrogen-bond donors (Lipinski definition) is 2. The number of rotatable bonds is 2. The number of anilines is 2. The highest BCUT2D eigenvalue weighted by molar-refractivity contribution is 7.71. The lowest BCUT2D eigenvalue weighted by atomic mass is 10.1. The van der Waals surface area contributed by atoms with E-state index in [1.807, 2.05) is 12.1 Å². The zero-order valence-electron chi connectivity index (χ0n) is 10.2. The fraction of sp³-hybridized carbons (Fsp3) is 0.417. The topological polar surface area (TPSA) is 114 Å². The number of nitriles is 2. The molecule has 1 saturated heterocycles. The van der Waals surface area contributed by atoms with E-state index in [2.05, 4.69) is 0 Å². The second-order valence-corrected chi connectivity index (χ2v) is 4.71. The predicted octanol–water partition coefficient (Wildman–Crippen LogP) is 1.30. The van der Waals surface area contributed by atoms with E-state index in [0.717, 1.165) is 12.8 Å². The molecule has 1 aromatic heterocycles. The Morgan fingerprint density at radius 2 is 2.00 bits per heavy atom. The molecular formula is C12H13N5OS. The maximum Gasteiger partial charge on any atom is 0.127 e. The first-order chi connectivity index (χ1) is 9.10. The highest BCUT2D eigenvalue weighted by atomic mass is 32.1. The van der Waals surface area contributed by atoms with Crippen molar-refractivity contribution in [3.8, 4) is 12.1 Å². The summed E-state index contributed by atoms with van der Waals surface area (Å²) in [4.78, 5) is 0. The number of aromatic nitrogens is 1. The minimum atomic E-state index is 0.00992. The molecule has 4 N–H and O–H groups in total. The molecule has 0 spiro atoms. The highest BCUT2D eigenvalue weighted by Gasteiger charge is 2.21. The van der Waals surface area contributed by atoms with Gasteiger partial charge in [0.1, 0.15) is 33.7 Å². The van der Waals surface area contributed by atoms with Crippen LogP contribution in [-0.4, -0.2) is 17.3 Å². The quantitative estimate of drug-likeness (QED) is 0.786. The standard InChI is InChI=1S/C12H13N5OS/c13-4-8-10(15)9(5-14)12(19)17(11(8)16)6-7-2-1-3-18-7/h7H,1-3,6,15-16H2. The van der Waals surface area contributed by atoms with Crippen LogP contribution in [0.2, 0.25) is 0 Å². The third-order valence-corrected chi connectivity index (χ3v) is 3.60. The molecule has 1 aliphatic rings. The Balaban J connectivity index is 2.57. The monoisotopic (exact) mass is 275 g/mol. The lowest BCUT2D eigenvalue weighted by Gasteiger charge is -2.18. The molecule has 0 aliphatic carbocycles. The van der Waals surface area contributed by atoms with Gasteiger partial charge >= 0.3 is 0 Å². The van der Waals surface area contributed by atoms with Gasteiger partial charge in [-0.3, -0.25) is 0 Å². The Morgan fingerprint density at radius 1 is 1.32 bits per heavy atom. The number of pyridine rings is 1. The van der Waals surface area contributed by atoms with Crippen molar-refractivity contribution in [2.24, 2.45) is 0 Å². The normalized spacial score (nSPS) is 17.9. The van der Waals surface area contributed by atoms with Crippen LogP contribution in [0.3, 0.4) is 0 Å². The predicted molar refractivity (Wildman–Crippen MR) is 72.5 cm³/mol. The summed E-state index contributed by atoms with van der Waals surface area (Å²) in [5.74, 6) is 0.194. The van der Waals surface area contributed by atoms with Gasteiger partial charge in [-0.1, -0.05) is 12.2 Å². The summed E-state index contributed by atoms with van der Waals surface area (Å²) in [5.41, 5.74) is 11.9. The molecule has 2 rings (SSSR count). The Kier molecular flexibility index (Phi) is 3.70. The maximum absolute atomic E-state index is 9.10. The van der Waals surface area contributed by atoms with Crippen LogP contribution in [0.5, 0.6) is 0 Å². The molecule has 6 nitrogen and oxygen atoms in total. The summed E-state index contributed by atoms with van der Waals surface area (Å²) >= 11 is 5.22. The Bertz CT molecular complexity index is 646. The molecular weight excluding hydrogens is 262 g/mol. The van der Waals surface area contributed by atoms with Crippen LogP contribution in [-0.2, 0) is 11.3 Å². The molecule has 1 fully saturated rings. The lowest BCUT2D eigenvalue weighted by Crippen LogP contribution is -2.21. The first-order valence-electron chi connectivity index (χ1n) is 5.83. The van der Waals surface area contributed by atoms with E-state index in [0.29, 0.717) is 13.2 Å². The van der Waals surface area contributed by atoms with E-state index in [1.165, 1.54) is 0 Å². The summed E-state index contributed by atoms with van der Waals surface area (Å²) in [6.45, 7) is 1.15. The fourth-order valence-electron chi connectivity index (χ4n) is 2.16. The van der Waals surface area contributed by atoms with Gasteiger partial charge in [0.05, 0.1) is 18.3 Å². The molecule has 7 heteroatoms. The van der Waals surface area contributed by atoms with Crippen molar-refractivity contribution >= 4 is 23.7 Å². The van der Waals surface area contributed by atoms with Crippen molar-refractivity contribution in [2.75, 3.05) is 18.1 Å². The van der Waals surface area contributed by atoms with E-state index >= 15 is 0 Å². The average molecular weight is 275 g/mol. The number of nitrogen functional groups attached to an aromatic ring is 2. The van der Waals surface area contributed by atoms with Crippen molar-refractivity contribution in [3.63, 3.8) is 0 Å². The zero-order valence-corrected chi connectivity index (χ0v) is 11.0. The SMILES string of the molecule is N#Cc1c(N)c(C#N)c(=S)n(CC2CCCO2)c1N. The molecule has 0 aromatic carbocycles. The van der Waals surface area contributed by atoms with Gasteiger partial charge in [0, 0.05) is 6.61 Å². The number of nitrogens with two attached hydrogens (primary N) is 2. The van der Waals surface area contributed by atoms with Crippen LogP contribution >= 0.6 is 12.2 Å². The summed E-state index contributed by atoms with van der Waals surface area (Å²) in [5, 5.41) is 18.2. The smallest absolute Gasteiger partial charge is 0.127 e. The van der Waals surface area contributed by atoms with Gasteiger partial charge < -0.3 is 20.8 Å². The van der Waals surface area contributed by atoms with Crippen LogP contribution in [0.4, 0.5) is 11.5 Å². The minimum absolute atomic E-state index is 0.00992. The van der Waals surface area contributed by atoms with Crippen LogP contribution in [0.25, 0.3) is 0 Å². The summed E-state index contributed by atoms with van der Waals surface area (Å²) in [7, 11) is 0. The first-order valence-corrected chi connectivity index (χ1v) is 6.24. The molecule has 2 heterocycles. The largest absolute Gasteiger partial charge is 0.396 e. The van der Waals surface area contributed by atoms with Gasteiger partial charge in [-0.25, -0.2) is 0 Å². The van der Waals surface area contributed by atoms with Crippen LogP contribution in [0.1, 0.15) is 24.0 Å². The highest BCUT2D eigenvalue weighted by Crippen LogP contribution is 2.26. The fourth-order valence-corrected chi connectivity index (χ4v) is 2.48. The van der Waals surface area contributed by atoms with Crippen LogP contribution < -0.4 is 11.5 Å². The molecule has 98 valence electrons. The number of hydrogen-bond acceptors (Lipinski definition) is 6. The second kappa shape index (κ2) is 5.27. The van der Waals surface area contributed by atoms with Gasteiger partial charge in [-0.05, 0) is 12.8 Å². The van der Waals surface area contributed by atoms with Crippen molar-refractivity contribution in [3.05, 3.63) is 15.8 Å². The molecule has 1 unspecified atom stereocenters. The van der Waals surface area contributed by atoms with E-state index < -0.39 is 0 Å². The van der Waals surface area contributed by atoms with E-state index in [-0.39, 0.29) is 33.4 Å². The lowest BCUT2D eigenvalue weighted by molar-refractivity contribution is 0.0971. The first kappa shape index (κ1) is 13.3. The summed E-state index contributed by atoms with van der Waals surface area (Å²) in [6.07, 6.45) is 1.91. The Morgan fingerprint density at radius 3 is 2.53 bits per heavy atom. The average Bonchev–Trinajstić information content (AvgIpc) is 2.88. The van der Waals surface area contributed by atoms with Gasteiger partial charge in [-0.15, -0.1) is 0 Å². The van der Waals surface area contributed by atoms with Crippen molar-refractivity contribution in [1.82, 2.24) is 4.57 Å².